The molecule has 2 heteroatoms. The SMILES string of the molecule is CCOC(C)(C)CNC(CC)C(C)C. The summed E-state index contributed by atoms with van der Waals surface area (Å²) in [4.78, 5) is 0. The third-order valence-electron chi connectivity index (χ3n) is 2.57. The average Bonchev–Trinajstić information content (AvgIpc) is 2.04. The Morgan fingerprint density at radius 1 is 1.21 bits per heavy atom. The van der Waals surface area contributed by atoms with Crippen molar-refractivity contribution in [2.24, 2.45) is 5.92 Å². The fourth-order valence-electron chi connectivity index (χ4n) is 1.67. The third-order valence-corrected chi connectivity index (χ3v) is 2.57. The van der Waals surface area contributed by atoms with Gasteiger partial charge >= 0.3 is 0 Å². The van der Waals surface area contributed by atoms with Crippen molar-refractivity contribution in [1.29, 1.82) is 0 Å². The minimum atomic E-state index is -0.0446. The van der Waals surface area contributed by atoms with Gasteiger partial charge in [-0.05, 0) is 33.1 Å². The predicted molar refractivity (Wildman–Crippen MR) is 62.6 cm³/mol. The van der Waals surface area contributed by atoms with Crippen LogP contribution in [0.2, 0.25) is 0 Å². The summed E-state index contributed by atoms with van der Waals surface area (Å²) in [6, 6.07) is 0.606. The fraction of sp³-hybridized carbons (Fsp3) is 1.00. The molecule has 0 radical (unpaired) electrons. The second-order valence-corrected chi connectivity index (χ2v) is 4.83. The van der Waals surface area contributed by atoms with Gasteiger partial charge in [-0.3, -0.25) is 0 Å². The molecule has 0 spiro atoms. The average molecular weight is 201 g/mol. The first-order valence-corrected chi connectivity index (χ1v) is 5.80. The van der Waals surface area contributed by atoms with E-state index in [1.165, 1.54) is 6.42 Å². The topological polar surface area (TPSA) is 21.3 Å². The molecule has 0 aliphatic heterocycles. The number of hydrogen-bond acceptors (Lipinski definition) is 2. The van der Waals surface area contributed by atoms with E-state index < -0.39 is 0 Å². The van der Waals surface area contributed by atoms with Gasteiger partial charge in [-0.2, -0.15) is 0 Å². The molecule has 0 rings (SSSR count). The summed E-state index contributed by atoms with van der Waals surface area (Å²) >= 11 is 0. The van der Waals surface area contributed by atoms with E-state index in [0.717, 1.165) is 13.2 Å². The highest BCUT2D eigenvalue weighted by molar-refractivity contribution is 4.76. The summed E-state index contributed by atoms with van der Waals surface area (Å²) in [7, 11) is 0. The minimum absolute atomic E-state index is 0.0446. The van der Waals surface area contributed by atoms with E-state index in [4.69, 9.17) is 4.74 Å². The van der Waals surface area contributed by atoms with Crippen LogP contribution in [-0.2, 0) is 4.74 Å². The van der Waals surface area contributed by atoms with Gasteiger partial charge in [-0.1, -0.05) is 20.8 Å². The van der Waals surface area contributed by atoms with Crippen molar-refractivity contribution in [3.63, 3.8) is 0 Å². The first-order valence-electron chi connectivity index (χ1n) is 5.80. The monoisotopic (exact) mass is 201 g/mol. The fourth-order valence-corrected chi connectivity index (χ4v) is 1.67. The van der Waals surface area contributed by atoms with Gasteiger partial charge in [0.05, 0.1) is 5.60 Å². The van der Waals surface area contributed by atoms with Gasteiger partial charge in [0, 0.05) is 19.2 Å². The first-order chi connectivity index (χ1) is 6.43. The van der Waals surface area contributed by atoms with E-state index >= 15 is 0 Å². The molecular weight excluding hydrogens is 174 g/mol. The van der Waals surface area contributed by atoms with Crippen molar-refractivity contribution in [3.8, 4) is 0 Å². The number of nitrogens with one attached hydrogen (secondary N) is 1. The van der Waals surface area contributed by atoms with Gasteiger partial charge in [-0.25, -0.2) is 0 Å². The zero-order valence-corrected chi connectivity index (χ0v) is 10.7. The second kappa shape index (κ2) is 6.41. The molecule has 0 aliphatic rings. The maximum atomic E-state index is 5.64. The highest BCUT2D eigenvalue weighted by atomic mass is 16.5. The van der Waals surface area contributed by atoms with E-state index in [1.807, 2.05) is 6.92 Å². The highest BCUT2D eigenvalue weighted by Crippen LogP contribution is 2.10. The molecule has 0 amide bonds. The lowest BCUT2D eigenvalue weighted by molar-refractivity contribution is -0.0116. The zero-order valence-electron chi connectivity index (χ0n) is 10.7. The molecule has 0 fully saturated rings. The minimum Gasteiger partial charge on any atom is -0.375 e. The summed E-state index contributed by atoms with van der Waals surface area (Å²) in [6.45, 7) is 14.8. The van der Waals surface area contributed by atoms with Crippen LogP contribution < -0.4 is 5.32 Å². The van der Waals surface area contributed by atoms with Gasteiger partial charge in [0.15, 0.2) is 0 Å². The van der Waals surface area contributed by atoms with Crippen LogP contribution in [0.4, 0.5) is 0 Å². The van der Waals surface area contributed by atoms with Crippen LogP contribution in [0.25, 0.3) is 0 Å². The predicted octanol–water partition coefficient (Wildman–Crippen LogP) is 2.83. The Balaban J connectivity index is 3.89. The molecule has 0 heterocycles. The third kappa shape index (κ3) is 5.61. The van der Waals surface area contributed by atoms with E-state index in [0.29, 0.717) is 12.0 Å². The van der Waals surface area contributed by atoms with E-state index in [-0.39, 0.29) is 5.60 Å². The molecule has 0 saturated heterocycles. The van der Waals surface area contributed by atoms with E-state index in [1.54, 1.807) is 0 Å². The van der Waals surface area contributed by atoms with Crippen LogP contribution in [0.3, 0.4) is 0 Å². The highest BCUT2D eigenvalue weighted by Gasteiger charge is 2.19. The second-order valence-electron chi connectivity index (χ2n) is 4.83. The van der Waals surface area contributed by atoms with Gasteiger partial charge in [0.25, 0.3) is 0 Å². The van der Waals surface area contributed by atoms with Crippen molar-refractivity contribution in [3.05, 3.63) is 0 Å². The molecule has 1 unspecified atom stereocenters. The number of ether oxygens (including phenoxy) is 1. The van der Waals surface area contributed by atoms with Crippen molar-refractivity contribution < 1.29 is 4.74 Å². The van der Waals surface area contributed by atoms with Crippen molar-refractivity contribution in [2.75, 3.05) is 13.2 Å². The molecule has 0 aliphatic carbocycles. The summed E-state index contributed by atoms with van der Waals surface area (Å²) in [5.41, 5.74) is -0.0446. The Hall–Kier alpha value is -0.0800. The Labute approximate surface area is 89.4 Å². The van der Waals surface area contributed by atoms with Crippen molar-refractivity contribution >= 4 is 0 Å². The maximum absolute atomic E-state index is 5.64. The molecule has 1 atom stereocenters. The van der Waals surface area contributed by atoms with Gasteiger partial charge in [-0.15, -0.1) is 0 Å². The smallest absolute Gasteiger partial charge is 0.0750 e. The van der Waals surface area contributed by atoms with Crippen LogP contribution in [0.15, 0.2) is 0 Å². The molecule has 0 aromatic carbocycles. The van der Waals surface area contributed by atoms with Crippen LogP contribution in [0.5, 0.6) is 0 Å². The van der Waals surface area contributed by atoms with Gasteiger partial charge in [0.1, 0.15) is 0 Å². The molecule has 2 nitrogen and oxygen atoms in total. The lowest BCUT2D eigenvalue weighted by Gasteiger charge is -2.29. The summed E-state index contributed by atoms with van der Waals surface area (Å²) < 4.78 is 5.64. The summed E-state index contributed by atoms with van der Waals surface area (Å²) in [5.74, 6) is 0.692. The molecule has 86 valence electrons. The van der Waals surface area contributed by atoms with Crippen LogP contribution in [0, 0.1) is 5.92 Å². The molecule has 0 aromatic rings. The summed E-state index contributed by atoms with van der Waals surface area (Å²) in [5, 5.41) is 3.57. The Morgan fingerprint density at radius 3 is 2.14 bits per heavy atom. The van der Waals surface area contributed by atoms with Gasteiger partial charge in [0.2, 0.25) is 0 Å². The molecule has 0 bridgehead atoms. The Bertz CT molecular complexity index is 143. The molecular formula is C12H27NO. The largest absolute Gasteiger partial charge is 0.375 e. The van der Waals surface area contributed by atoms with Crippen LogP contribution >= 0.6 is 0 Å². The number of hydrogen-bond donors (Lipinski definition) is 1. The van der Waals surface area contributed by atoms with Crippen LogP contribution in [0.1, 0.15) is 48.0 Å². The van der Waals surface area contributed by atoms with E-state index in [2.05, 4.69) is 39.9 Å². The summed E-state index contributed by atoms with van der Waals surface area (Å²) in [6.07, 6.45) is 1.18. The Morgan fingerprint density at radius 2 is 1.79 bits per heavy atom. The molecule has 0 aromatic heterocycles. The number of rotatable bonds is 7. The van der Waals surface area contributed by atoms with Gasteiger partial charge < -0.3 is 10.1 Å². The standard InChI is InChI=1S/C12H27NO/c1-7-11(10(3)4)13-9-12(5,6)14-8-2/h10-11,13H,7-9H2,1-6H3. The zero-order chi connectivity index (χ0) is 11.2. The van der Waals surface area contributed by atoms with E-state index in [9.17, 15) is 0 Å². The van der Waals surface area contributed by atoms with Crippen LogP contribution in [-0.4, -0.2) is 24.8 Å². The molecule has 14 heavy (non-hydrogen) atoms. The Kier molecular flexibility index (Phi) is 6.38. The van der Waals surface area contributed by atoms with Crippen molar-refractivity contribution in [2.45, 2.75) is 59.6 Å². The lowest BCUT2D eigenvalue weighted by Crippen LogP contribution is -2.44. The maximum Gasteiger partial charge on any atom is 0.0750 e. The molecule has 1 N–H and O–H groups in total. The quantitative estimate of drug-likeness (QED) is 0.684. The molecule has 0 saturated carbocycles. The van der Waals surface area contributed by atoms with Crippen molar-refractivity contribution in [1.82, 2.24) is 5.32 Å². The first kappa shape index (κ1) is 13.9. The normalized spacial score (nSPS) is 14.8. The lowest BCUT2D eigenvalue weighted by atomic mass is 10.0.